The van der Waals surface area contributed by atoms with Crippen molar-refractivity contribution in [2.45, 2.75) is 115 Å². The predicted octanol–water partition coefficient (Wildman–Crippen LogP) is 7.33. The molecule has 4 fully saturated rings. The van der Waals surface area contributed by atoms with Gasteiger partial charge >= 0.3 is 12.2 Å². The number of nitrogens with zero attached hydrogens (tertiary/aromatic N) is 2. The molecule has 0 radical (unpaired) electrons. The number of rotatable bonds is 12. The topological polar surface area (TPSA) is 117 Å². The molecule has 2 aromatic rings. The van der Waals surface area contributed by atoms with E-state index in [4.69, 9.17) is 9.47 Å². The summed E-state index contributed by atoms with van der Waals surface area (Å²) < 4.78 is 24.0. The maximum atomic E-state index is 13.6. The third kappa shape index (κ3) is 10.2. The molecule has 2 aromatic carbocycles. The SMILES string of the molecule is CCOC(=O)N1C2CCC1CC(CCCNC(=O)c1ccccc1)C2.CCOC(=O)N1C2CCC1CC(CCCNC(=O)c1ccccc1F)C2. The van der Waals surface area contributed by atoms with Crippen LogP contribution in [0.1, 0.15) is 112 Å². The van der Waals surface area contributed by atoms with E-state index in [1.807, 2.05) is 54.0 Å². The van der Waals surface area contributed by atoms with Crippen LogP contribution in [0.4, 0.5) is 14.0 Å². The summed E-state index contributed by atoms with van der Waals surface area (Å²) in [6, 6.07) is 16.6. The Balaban J connectivity index is 0.000000198. The molecule has 0 spiro atoms. The van der Waals surface area contributed by atoms with E-state index >= 15 is 0 Å². The van der Waals surface area contributed by atoms with Gasteiger partial charge in [0, 0.05) is 42.8 Å². The Morgan fingerprint density at radius 1 is 0.647 bits per heavy atom. The van der Waals surface area contributed by atoms with Gasteiger partial charge in [-0.15, -0.1) is 0 Å². The van der Waals surface area contributed by atoms with E-state index in [1.54, 1.807) is 12.1 Å². The van der Waals surface area contributed by atoms with Crippen molar-refractivity contribution in [3.05, 3.63) is 71.5 Å². The summed E-state index contributed by atoms with van der Waals surface area (Å²) in [4.78, 5) is 52.1. The fourth-order valence-corrected chi connectivity index (χ4v) is 8.66. The van der Waals surface area contributed by atoms with Crippen LogP contribution in [0.5, 0.6) is 0 Å². The summed E-state index contributed by atoms with van der Waals surface area (Å²) in [5.74, 6) is 0.367. The molecule has 0 aliphatic carbocycles. The van der Waals surface area contributed by atoms with Crippen molar-refractivity contribution >= 4 is 24.0 Å². The zero-order valence-corrected chi connectivity index (χ0v) is 30.2. The maximum absolute atomic E-state index is 13.6. The minimum absolute atomic E-state index is 0.00204. The zero-order chi connectivity index (χ0) is 36.2. The van der Waals surface area contributed by atoms with E-state index in [0.29, 0.717) is 67.9 Å². The van der Waals surface area contributed by atoms with Crippen molar-refractivity contribution in [3.63, 3.8) is 0 Å². The highest BCUT2D eigenvalue weighted by atomic mass is 19.1. The van der Waals surface area contributed by atoms with Crippen LogP contribution >= 0.6 is 0 Å². The Morgan fingerprint density at radius 3 is 1.53 bits per heavy atom. The first-order valence-corrected chi connectivity index (χ1v) is 19.0. The van der Waals surface area contributed by atoms with Gasteiger partial charge in [0.1, 0.15) is 5.82 Å². The Morgan fingerprint density at radius 2 is 1.08 bits per heavy atom. The van der Waals surface area contributed by atoms with Crippen LogP contribution in [0.3, 0.4) is 0 Å². The first-order chi connectivity index (χ1) is 24.8. The van der Waals surface area contributed by atoms with Crippen molar-refractivity contribution < 1.29 is 33.0 Å². The fraction of sp³-hybridized carbons (Fsp3) is 0.600. The molecule has 4 bridgehead atoms. The molecule has 6 rings (SSSR count). The molecule has 10 nitrogen and oxygen atoms in total. The van der Waals surface area contributed by atoms with Crippen molar-refractivity contribution in [2.75, 3.05) is 26.3 Å². The lowest BCUT2D eigenvalue weighted by Crippen LogP contribution is -2.46. The largest absolute Gasteiger partial charge is 0.450 e. The second kappa shape index (κ2) is 18.9. The highest BCUT2D eigenvalue weighted by molar-refractivity contribution is 5.94. The van der Waals surface area contributed by atoms with Gasteiger partial charge in [0.2, 0.25) is 0 Å². The number of hydrogen-bond donors (Lipinski definition) is 2. The van der Waals surface area contributed by atoms with Gasteiger partial charge in [-0.1, -0.05) is 30.3 Å². The van der Waals surface area contributed by atoms with Gasteiger partial charge in [-0.3, -0.25) is 9.59 Å². The first-order valence-electron chi connectivity index (χ1n) is 19.0. The normalized spacial score (nSPS) is 24.6. The maximum Gasteiger partial charge on any atom is 0.410 e. The van der Waals surface area contributed by atoms with Crippen LogP contribution in [-0.2, 0) is 9.47 Å². The molecule has 4 unspecified atom stereocenters. The molecule has 4 atom stereocenters. The monoisotopic (exact) mass is 706 g/mol. The first kappa shape index (κ1) is 38.1. The van der Waals surface area contributed by atoms with E-state index in [-0.39, 0.29) is 29.6 Å². The van der Waals surface area contributed by atoms with Crippen LogP contribution in [0, 0.1) is 17.7 Å². The highest BCUT2D eigenvalue weighted by Gasteiger charge is 2.44. The number of fused-ring (bicyclic) bond motifs is 4. The molecule has 4 aliphatic heterocycles. The number of ether oxygens (including phenoxy) is 2. The number of amides is 4. The summed E-state index contributed by atoms with van der Waals surface area (Å²) in [6.07, 6.45) is 12.2. The lowest BCUT2D eigenvalue weighted by Gasteiger charge is -2.38. The standard InChI is InChI=1S/C20H27FN2O3.C20H28N2O3/c1-2-26-20(25)23-15-9-10-16(23)13-14(12-15)6-5-11-22-19(24)17-7-3-4-8-18(17)21;1-2-25-20(24)22-17-10-11-18(22)14-15(13-17)7-6-12-21-19(23)16-8-4-3-5-9-16/h3-4,7-8,14-16H,2,5-6,9-13H2,1H3,(H,22,24);3-5,8-9,15,17-18H,2,6-7,10-14H2,1H3,(H,21,23). The van der Waals surface area contributed by atoms with E-state index in [0.717, 1.165) is 77.0 Å². The second-order valence-corrected chi connectivity index (χ2v) is 14.3. The molecular weight excluding hydrogens is 651 g/mol. The van der Waals surface area contributed by atoms with E-state index in [2.05, 4.69) is 10.6 Å². The second-order valence-electron chi connectivity index (χ2n) is 14.3. The third-order valence-corrected chi connectivity index (χ3v) is 10.9. The molecular formula is C40H55FN4O6. The number of piperidine rings is 2. The predicted molar refractivity (Wildman–Crippen MR) is 193 cm³/mol. The lowest BCUT2D eigenvalue weighted by molar-refractivity contribution is 0.0581. The molecule has 4 aliphatic rings. The zero-order valence-electron chi connectivity index (χ0n) is 30.2. The van der Waals surface area contributed by atoms with Crippen molar-refractivity contribution in [2.24, 2.45) is 11.8 Å². The Hall–Kier alpha value is -4.15. The summed E-state index contributed by atoms with van der Waals surface area (Å²) in [6.45, 7) is 5.80. The number of nitrogens with one attached hydrogen (secondary N) is 2. The minimum Gasteiger partial charge on any atom is -0.450 e. The van der Waals surface area contributed by atoms with Crippen LogP contribution < -0.4 is 10.6 Å². The van der Waals surface area contributed by atoms with Gasteiger partial charge in [-0.25, -0.2) is 14.0 Å². The fourth-order valence-electron chi connectivity index (χ4n) is 8.66. The van der Waals surface area contributed by atoms with E-state index in [1.165, 1.54) is 12.1 Å². The van der Waals surface area contributed by atoms with Gasteiger partial charge in [-0.05, 0) is 127 Å². The number of carbonyl (C=O) groups is 4. The molecule has 11 heteroatoms. The number of benzene rings is 2. The Bertz CT molecular complexity index is 1430. The quantitative estimate of drug-likeness (QED) is 0.223. The van der Waals surface area contributed by atoms with Crippen LogP contribution in [-0.4, -0.2) is 84.3 Å². The van der Waals surface area contributed by atoms with Gasteiger partial charge in [0.15, 0.2) is 0 Å². The molecule has 4 saturated heterocycles. The smallest absolute Gasteiger partial charge is 0.410 e. The number of halogens is 1. The molecule has 0 saturated carbocycles. The Kier molecular flexibility index (Phi) is 14.1. The van der Waals surface area contributed by atoms with Crippen molar-refractivity contribution in [3.8, 4) is 0 Å². The highest BCUT2D eigenvalue weighted by Crippen LogP contribution is 2.41. The lowest BCUT2D eigenvalue weighted by atomic mass is 9.87. The number of carbonyl (C=O) groups excluding carboxylic acids is 4. The van der Waals surface area contributed by atoms with Crippen molar-refractivity contribution in [1.29, 1.82) is 0 Å². The Labute approximate surface area is 301 Å². The van der Waals surface area contributed by atoms with Crippen LogP contribution in [0.2, 0.25) is 0 Å². The summed E-state index contributed by atoms with van der Waals surface area (Å²) in [5.41, 5.74) is 0.802. The average molecular weight is 707 g/mol. The van der Waals surface area contributed by atoms with E-state index < -0.39 is 5.82 Å². The van der Waals surface area contributed by atoms with Gasteiger partial charge in [0.05, 0.1) is 18.8 Å². The summed E-state index contributed by atoms with van der Waals surface area (Å²) in [5, 5.41) is 5.79. The van der Waals surface area contributed by atoms with Crippen LogP contribution in [0.15, 0.2) is 54.6 Å². The number of hydrogen-bond acceptors (Lipinski definition) is 6. The molecule has 4 heterocycles. The average Bonchev–Trinajstić information content (AvgIpc) is 3.57. The summed E-state index contributed by atoms with van der Waals surface area (Å²) in [7, 11) is 0. The van der Waals surface area contributed by atoms with Gasteiger partial charge in [-0.2, -0.15) is 0 Å². The van der Waals surface area contributed by atoms with Gasteiger partial charge in [0.25, 0.3) is 11.8 Å². The molecule has 0 aromatic heterocycles. The molecule has 278 valence electrons. The molecule has 51 heavy (non-hydrogen) atoms. The van der Waals surface area contributed by atoms with Crippen molar-refractivity contribution in [1.82, 2.24) is 20.4 Å². The summed E-state index contributed by atoms with van der Waals surface area (Å²) >= 11 is 0. The molecule has 4 amide bonds. The van der Waals surface area contributed by atoms with Gasteiger partial charge < -0.3 is 29.9 Å². The third-order valence-electron chi connectivity index (χ3n) is 10.9. The van der Waals surface area contributed by atoms with Crippen LogP contribution in [0.25, 0.3) is 0 Å². The molecule has 2 N–H and O–H groups in total. The minimum atomic E-state index is -0.493. The van der Waals surface area contributed by atoms with E-state index in [9.17, 15) is 23.6 Å².